The van der Waals surface area contributed by atoms with Crippen LogP contribution in [0.1, 0.15) is 107 Å². The summed E-state index contributed by atoms with van der Waals surface area (Å²) in [5, 5.41) is 2.30. The average Bonchev–Trinajstić information content (AvgIpc) is 2.77. The normalized spacial score (nSPS) is 10.9. The molecule has 0 aliphatic rings. The zero-order valence-electron chi connectivity index (χ0n) is 19.3. The van der Waals surface area contributed by atoms with Crippen LogP contribution in [0.25, 0.3) is 0 Å². The van der Waals surface area contributed by atoms with Crippen LogP contribution in [0.4, 0.5) is 13.2 Å². The monoisotopic (exact) mass is 457 g/mol. The largest absolute Gasteiger partial charge is 0.466 e. The predicted molar refractivity (Wildman–Crippen MR) is 120 cm³/mol. The Hall–Kier alpha value is -2.05. The number of hydrogen-bond acceptors (Lipinski definition) is 3. The minimum Gasteiger partial charge on any atom is -0.466 e. The lowest BCUT2D eigenvalue weighted by molar-refractivity contribution is -0.143. The summed E-state index contributed by atoms with van der Waals surface area (Å²) in [4.78, 5) is 23.5. The van der Waals surface area contributed by atoms with Gasteiger partial charge in [0.05, 0.1) is 18.6 Å². The van der Waals surface area contributed by atoms with Gasteiger partial charge in [-0.05, 0) is 18.6 Å². The van der Waals surface area contributed by atoms with E-state index in [4.69, 9.17) is 4.74 Å². The summed E-state index contributed by atoms with van der Waals surface area (Å²) in [6.07, 6.45) is 16.0. The molecule has 0 bridgehead atoms. The number of hydrogen-bond donors (Lipinski definition) is 1. The summed E-state index contributed by atoms with van der Waals surface area (Å²) in [5.74, 6) is -5.99. The number of benzene rings is 1. The molecule has 0 aliphatic heterocycles. The standard InChI is InChI=1S/C25H38F3NO3/c1-2-3-4-5-6-7-8-9-10-11-12-13-14-19-32-22(30)17-18-29-25(31)20-15-16-21(26)24(28)23(20)27/h15-16H,2-14,17-19H2,1H3,(H,29,31). The van der Waals surface area contributed by atoms with Gasteiger partial charge in [0.15, 0.2) is 17.5 Å². The van der Waals surface area contributed by atoms with Crippen molar-refractivity contribution in [3.05, 3.63) is 35.1 Å². The van der Waals surface area contributed by atoms with Gasteiger partial charge in [-0.1, -0.05) is 84.0 Å². The minimum atomic E-state index is -1.70. The molecule has 0 saturated heterocycles. The van der Waals surface area contributed by atoms with Crippen molar-refractivity contribution in [3.63, 3.8) is 0 Å². The number of esters is 1. The fourth-order valence-electron chi connectivity index (χ4n) is 3.45. The van der Waals surface area contributed by atoms with Gasteiger partial charge < -0.3 is 10.1 Å². The molecule has 0 aromatic heterocycles. The van der Waals surface area contributed by atoms with Crippen molar-refractivity contribution in [2.75, 3.05) is 13.2 Å². The Morgan fingerprint density at radius 3 is 1.88 bits per heavy atom. The third kappa shape index (κ3) is 12.1. The van der Waals surface area contributed by atoms with Gasteiger partial charge in [0.1, 0.15) is 0 Å². The molecule has 4 nitrogen and oxygen atoms in total. The quantitative estimate of drug-likeness (QED) is 0.149. The third-order valence-corrected chi connectivity index (χ3v) is 5.41. The van der Waals surface area contributed by atoms with Gasteiger partial charge >= 0.3 is 5.97 Å². The maximum absolute atomic E-state index is 13.6. The zero-order valence-corrected chi connectivity index (χ0v) is 19.3. The fourth-order valence-corrected chi connectivity index (χ4v) is 3.45. The summed E-state index contributed by atoms with van der Waals surface area (Å²) < 4.78 is 44.7. The van der Waals surface area contributed by atoms with Crippen LogP contribution in [-0.2, 0) is 9.53 Å². The van der Waals surface area contributed by atoms with E-state index in [1.54, 1.807) is 0 Å². The minimum absolute atomic E-state index is 0.0739. The second kappa shape index (κ2) is 17.5. The van der Waals surface area contributed by atoms with E-state index in [-0.39, 0.29) is 13.0 Å². The molecule has 1 aromatic carbocycles. The van der Waals surface area contributed by atoms with E-state index in [0.29, 0.717) is 12.7 Å². The maximum Gasteiger partial charge on any atom is 0.307 e. The van der Waals surface area contributed by atoms with Gasteiger partial charge in [-0.15, -0.1) is 0 Å². The second-order valence-corrected chi connectivity index (χ2v) is 8.19. The van der Waals surface area contributed by atoms with Gasteiger partial charge in [0, 0.05) is 6.54 Å². The molecule has 182 valence electrons. The van der Waals surface area contributed by atoms with Crippen molar-refractivity contribution >= 4 is 11.9 Å². The first-order chi connectivity index (χ1) is 15.5. The van der Waals surface area contributed by atoms with Crippen LogP contribution >= 0.6 is 0 Å². The van der Waals surface area contributed by atoms with Gasteiger partial charge in [-0.3, -0.25) is 9.59 Å². The average molecular weight is 458 g/mol. The first-order valence-electron chi connectivity index (χ1n) is 12.0. The molecule has 0 atom stereocenters. The highest BCUT2D eigenvalue weighted by molar-refractivity contribution is 5.94. The fraction of sp³-hybridized carbons (Fsp3) is 0.680. The Morgan fingerprint density at radius 2 is 1.31 bits per heavy atom. The molecule has 0 radical (unpaired) electrons. The van der Waals surface area contributed by atoms with Gasteiger partial charge in [0.25, 0.3) is 5.91 Å². The summed E-state index contributed by atoms with van der Waals surface area (Å²) in [6, 6.07) is 1.53. The molecule has 0 aliphatic carbocycles. The lowest BCUT2D eigenvalue weighted by Gasteiger charge is -2.08. The summed E-state index contributed by atoms with van der Waals surface area (Å²) in [6.45, 7) is 2.50. The van der Waals surface area contributed by atoms with E-state index in [1.807, 2.05) is 0 Å². The number of rotatable bonds is 18. The molecule has 0 heterocycles. The summed E-state index contributed by atoms with van der Waals surface area (Å²) in [5.41, 5.74) is -0.607. The second-order valence-electron chi connectivity index (χ2n) is 8.19. The number of amides is 1. The lowest BCUT2D eigenvalue weighted by atomic mass is 10.0. The Balaban J connectivity index is 1.96. The number of carbonyl (C=O) groups excluding carboxylic acids is 2. The molecule has 1 rings (SSSR count). The van der Waals surface area contributed by atoms with E-state index in [9.17, 15) is 22.8 Å². The van der Waals surface area contributed by atoms with Crippen molar-refractivity contribution in [1.82, 2.24) is 5.32 Å². The lowest BCUT2D eigenvalue weighted by Crippen LogP contribution is -2.27. The summed E-state index contributed by atoms with van der Waals surface area (Å²) in [7, 11) is 0. The van der Waals surface area contributed by atoms with E-state index in [0.717, 1.165) is 25.3 Å². The van der Waals surface area contributed by atoms with Crippen molar-refractivity contribution < 1.29 is 27.5 Å². The Kier molecular flexibility index (Phi) is 15.3. The Morgan fingerprint density at radius 1 is 0.781 bits per heavy atom. The van der Waals surface area contributed by atoms with Crippen LogP contribution in [0.5, 0.6) is 0 Å². The molecule has 1 N–H and O–H groups in total. The smallest absolute Gasteiger partial charge is 0.307 e. The molecule has 32 heavy (non-hydrogen) atoms. The highest BCUT2D eigenvalue weighted by Gasteiger charge is 2.18. The first-order valence-corrected chi connectivity index (χ1v) is 12.0. The van der Waals surface area contributed by atoms with Crippen LogP contribution in [-0.4, -0.2) is 25.0 Å². The van der Waals surface area contributed by atoms with Gasteiger partial charge in [-0.2, -0.15) is 0 Å². The predicted octanol–water partition coefficient (Wildman–Crippen LogP) is 6.86. The third-order valence-electron chi connectivity index (χ3n) is 5.41. The maximum atomic E-state index is 13.6. The molecule has 1 aromatic rings. The van der Waals surface area contributed by atoms with Crippen LogP contribution in [0.3, 0.4) is 0 Å². The van der Waals surface area contributed by atoms with Crippen LogP contribution in [0, 0.1) is 17.5 Å². The number of carbonyl (C=O) groups is 2. The van der Waals surface area contributed by atoms with Crippen molar-refractivity contribution in [2.24, 2.45) is 0 Å². The van der Waals surface area contributed by atoms with E-state index in [1.165, 1.54) is 64.2 Å². The highest BCUT2D eigenvalue weighted by atomic mass is 19.2. The number of nitrogens with one attached hydrogen (secondary N) is 1. The van der Waals surface area contributed by atoms with Gasteiger partial charge in [-0.25, -0.2) is 13.2 Å². The van der Waals surface area contributed by atoms with Gasteiger partial charge in [0.2, 0.25) is 0 Å². The Bertz CT molecular complexity index is 683. The molecule has 1 amide bonds. The number of ether oxygens (including phenoxy) is 1. The van der Waals surface area contributed by atoms with E-state index in [2.05, 4.69) is 12.2 Å². The van der Waals surface area contributed by atoms with Crippen LogP contribution in [0.15, 0.2) is 12.1 Å². The Labute approximate surface area is 190 Å². The van der Waals surface area contributed by atoms with Crippen LogP contribution < -0.4 is 5.32 Å². The summed E-state index contributed by atoms with van der Waals surface area (Å²) >= 11 is 0. The van der Waals surface area contributed by atoms with Crippen LogP contribution in [0.2, 0.25) is 0 Å². The first kappa shape index (κ1) is 28.0. The van der Waals surface area contributed by atoms with Crippen molar-refractivity contribution in [3.8, 4) is 0 Å². The number of halogens is 3. The van der Waals surface area contributed by atoms with Crippen molar-refractivity contribution in [2.45, 2.75) is 96.8 Å². The molecule has 7 heteroatoms. The van der Waals surface area contributed by atoms with E-state index < -0.39 is 34.9 Å². The topological polar surface area (TPSA) is 55.4 Å². The molecule has 0 fully saturated rings. The number of unbranched alkanes of at least 4 members (excludes halogenated alkanes) is 12. The molecule has 0 spiro atoms. The van der Waals surface area contributed by atoms with E-state index >= 15 is 0 Å². The van der Waals surface area contributed by atoms with Crippen molar-refractivity contribution in [1.29, 1.82) is 0 Å². The molecular weight excluding hydrogens is 419 g/mol. The molecule has 0 saturated carbocycles. The molecular formula is C25H38F3NO3. The zero-order chi connectivity index (χ0) is 23.6. The highest BCUT2D eigenvalue weighted by Crippen LogP contribution is 2.15. The SMILES string of the molecule is CCCCCCCCCCCCCCCOC(=O)CCNC(=O)c1ccc(F)c(F)c1F. The molecule has 0 unspecified atom stereocenters.